The summed E-state index contributed by atoms with van der Waals surface area (Å²) in [5, 5.41) is 4.71. The van der Waals surface area contributed by atoms with E-state index in [1.807, 2.05) is 60.7 Å². The number of carbonyl (C=O) groups excluding carboxylic acids is 1. The number of nitrogens with one attached hydrogen (secondary N) is 1. The predicted octanol–water partition coefficient (Wildman–Crippen LogP) is 3.17. The van der Waals surface area contributed by atoms with Crippen LogP contribution in [-0.4, -0.2) is 26.9 Å². The molecule has 0 radical (unpaired) electrons. The van der Waals surface area contributed by atoms with Gasteiger partial charge in [-0.25, -0.2) is 0 Å². The number of H-pyrrole nitrogens is 1. The molecule has 6 heteroatoms. The van der Waals surface area contributed by atoms with Crippen molar-refractivity contribution in [2.24, 2.45) is 10.9 Å². The summed E-state index contributed by atoms with van der Waals surface area (Å²) in [7, 11) is 0. The van der Waals surface area contributed by atoms with Gasteiger partial charge in [-0.3, -0.25) is 14.8 Å². The van der Waals surface area contributed by atoms with Crippen LogP contribution in [0.25, 0.3) is 10.9 Å². The van der Waals surface area contributed by atoms with E-state index < -0.39 is 0 Å². The number of nitrogens with two attached hydrogens (primary N) is 1. The lowest BCUT2D eigenvalue weighted by atomic mass is 10.1. The van der Waals surface area contributed by atoms with E-state index in [0.29, 0.717) is 5.71 Å². The Kier molecular flexibility index (Phi) is 5.47. The zero-order valence-electron chi connectivity index (χ0n) is 13.9. The molecule has 4 rings (SSSR count). The van der Waals surface area contributed by atoms with Gasteiger partial charge in [0.15, 0.2) is 6.29 Å². The van der Waals surface area contributed by atoms with Gasteiger partial charge in [0.2, 0.25) is 0 Å². The summed E-state index contributed by atoms with van der Waals surface area (Å²) in [4.78, 5) is 21.8. The maximum Gasteiger partial charge on any atom is 0.152 e. The molecule has 26 heavy (non-hydrogen) atoms. The van der Waals surface area contributed by atoms with Crippen LogP contribution in [-0.2, 0) is 0 Å². The predicted molar refractivity (Wildman–Crippen MR) is 102 cm³/mol. The van der Waals surface area contributed by atoms with E-state index in [1.54, 1.807) is 18.6 Å². The first-order chi connectivity index (χ1) is 12.8. The second kappa shape index (κ2) is 8.34. The summed E-state index contributed by atoms with van der Waals surface area (Å²) in [5.41, 5.74) is 3.77. The third kappa shape index (κ3) is 3.81. The van der Waals surface area contributed by atoms with Crippen molar-refractivity contribution in [2.75, 3.05) is 0 Å². The van der Waals surface area contributed by atoms with E-state index in [1.165, 1.54) is 0 Å². The summed E-state index contributed by atoms with van der Waals surface area (Å²) in [6, 6.07) is 18.9. The third-order valence-corrected chi connectivity index (χ3v) is 3.69. The Morgan fingerprint density at radius 3 is 2.08 bits per heavy atom. The molecule has 128 valence electrons. The number of fused-ring (bicyclic) bond motifs is 1. The standard InChI is InChI=1S/C11H10N4.C9H7NO/c12-15-11(9-5-1-3-7-13-9)10-6-2-4-8-14-10;11-6-7-5-10-9-4-2-1-3-8(7)9/h1-8H,12H2;1-6,10H. The van der Waals surface area contributed by atoms with Crippen LogP contribution in [0.4, 0.5) is 0 Å². The highest BCUT2D eigenvalue weighted by molar-refractivity contribution is 6.10. The van der Waals surface area contributed by atoms with E-state index >= 15 is 0 Å². The van der Waals surface area contributed by atoms with Gasteiger partial charge in [0.1, 0.15) is 5.71 Å². The summed E-state index contributed by atoms with van der Waals surface area (Å²) in [6.45, 7) is 0. The van der Waals surface area contributed by atoms with E-state index in [9.17, 15) is 4.79 Å². The van der Waals surface area contributed by atoms with Crippen LogP contribution in [0.5, 0.6) is 0 Å². The molecule has 0 saturated carbocycles. The minimum absolute atomic E-state index is 0.594. The maximum absolute atomic E-state index is 10.5. The molecule has 0 spiro atoms. The Morgan fingerprint density at radius 1 is 0.923 bits per heavy atom. The van der Waals surface area contributed by atoms with Crippen molar-refractivity contribution in [1.82, 2.24) is 15.0 Å². The first-order valence-corrected chi connectivity index (χ1v) is 7.95. The van der Waals surface area contributed by atoms with Crippen LogP contribution in [0.15, 0.2) is 84.4 Å². The molecule has 0 aliphatic heterocycles. The highest BCUT2D eigenvalue weighted by Gasteiger charge is 2.07. The van der Waals surface area contributed by atoms with Crippen molar-refractivity contribution < 1.29 is 4.79 Å². The maximum atomic E-state index is 10.5. The first kappa shape index (κ1) is 17.0. The highest BCUT2D eigenvalue weighted by atomic mass is 16.1. The van der Waals surface area contributed by atoms with Gasteiger partial charge in [0.05, 0.1) is 11.4 Å². The van der Waals surface area contributed by atoms with Gasteiger partial charge < -0.3 is 10.8 Å². The molecule has 4 aromatic rings. The lowest BCUT2D eigenvalue weighted by Crippen LogP contribution is -2.09. The molecule has 0 bridgehead atoms. The zero-order valence-corrected chi connectivity index (χ0v) is 13.9. The lowest BCUT2D eigenvalue weighted by Gasteiger charge is -2.02. The molecule has 3 N–H and O–H groups in total. The van der Waals surface area contributed by atoms with Gasteiger partial charge in [-0.2, -0.15) is 5.10 Å². The molecule has 0 saturated heterocycles. The molecule has 1 aromatic carbocycles. The summed E-state index contributed by atoms with van der Waals surface area (Å²) in [5.74, 6) is 5.34. The van der Waals surface area contributed by atoms with Gasteiger partial charge in [-0.15, -0.1) is 0 Å². The first-order valence-electron chi connectivity index (χ1n) is 7.95. The Hall–Kier alpha value is -3.80. The molecule has 0 aliphatic rings. The van der Waals surface area contributed by atoms with Crippen LogP contribution in [0, 0.1) is 0 Å². The minimum Gasteiger partial charge on any atom is -0.360 e. The SMILES string of the molecule is NN=C(c1ccccn1)c1ccccn1.O=Cc1c[nH]c2ccccc12. The lowest BCUT2D eigenvalue weighted by molar-refractivity contribution is 0.112. The number of hydrogen-bond acceptors (Lipinski definition) is 5. The molecular formula is C20H17N5O. The van der Waals surface area contributed by atoms with Crippen molar-refractivity contribution in [3.8, 4) is 0 Å². The highest BCUT2D eigenvalue weighted by Crippen LogP contribution is 2.15. The quantitative estimate of drug-likeness (QED) is 0.258. The number of aromatic amines is 1. The third-order valence-electron chi connectivity index (χ3n) is 3.69. The number of para-hydroxylation sites is 1. The Labute approximate surface area is 150 Å². The molecule has 0 unspecified atom stereocenters. The number of hydrogen-bond donors (Lipinski definition) is 2. The monoisotopic (exact) mass is 343 g/mol. The van der Waals surface area contributed by atoms with Crippen LogP contribution in [0.1, 0.15) is 21.7 Å². The number of carbonyl (C=O) groups is 1. The van der Waals surface area contributed by atoms with Gasteiger partial charge in [-0.05, 0) is 30.3 Å². The number of aldehydes is 1. The van der Waals surface area contributed by atoms with Crippen LogP contribution in [0.3, 0.4) is 0 Å². The fourth-order valence-corrected chi connectivity index (χ4v) is 2.46. The molecule has 0 atom stereocenters. The number of benzene rings is 1. The van der Waals surface area contributed by atoms with Crippen molar-refractivity contribution in [3.05, 3.63) is 96.2 Å². The fourth-order valence-electron chi connectivity index (χ4n) is 2.46. The molecule has 3 aromatic heterocycles. The normalized spacial score (nSPS) is 9.85. The van der Waals surface area contributed by atoms with Gasteiger partial charge in [-0.1, -0.05) is 30.3 Å². The van der Waals surface area contributed by atoms with E-state index in [0.717, 1.165) is 34.1 Å². The summed E-state index contributed by atoms with van der Waals surface area (Å²) >= 11 is 0. The number of aromatic nitrogens is 3. The molecule has 3 heterocycles. The van der Waals surface area contributed by atoms with Crippen LogP contribution >= 0.6 is 0 Å². The average molecular weight is 343 g/mol. The van der Waals surface area contributed by atoms with Gasteiger partial charge in [0, 0.05) is 35.1 Å². The minimum atomic E-state index is 0.594. The zero-order chi connectivity index (χ0) is 18.2. The van der Waals surface area contributed by atoms with Crippen molar-refractivity contribution in [2.45, 2.75) is 0 Å². The van der Waals surface area contributed by atoms with Crippen LogP contribution in [0.2, 0.25) is 0 Å². The molecule has 0 aliphatic carbocycles. The van der Waals surface area contributed by atoms with Gasteiger partial charge >= 0.3 is 0 Å². The second-order valence-electron chi connectivity index (χ2n) is 5.32. The fraction of sp³-hybridized carbons (Fsp3) is 0. The molecule has 6 nitrogen and oxygen atoms in total. The number of rotatable bonds is 3. The molecular weight excluding hydrogens is 326 g/mol. The second-order valence-corrected chi connectivity index (χ2v) is 5.32. The van der Waals surface area contributed by atoms with Crippen molar-refractivity contribution in [1.29, 1.82) is 0 Å². The smallest absolute Gasteiger partial charge is 0.152 e. The molecule has 0 amide bonds. The summed E-state index contributed by atoms with van der Waals surface area (Å²) in [6.07, 6.45) is 5.98. The van der Waals surface area contributed by atoms with Crippen molar-refractivity contribution in [3.63, 3.8) is 0 Å². The number of nitrogens with zero attached hydrogens (tertiary/aromatic N) is 3. The van der Waals surface area contributed by atoms with E-state index in [-0.39, 0.29) is 0 Å². The molecule has 0 fully saturated rings. The van der Waals surface area contributed by atoms with Crippen molar-refractivity contribution >= 4 is 22.9 Å². The van der Waals surface area contributed by atoms with Crippen LogP contribution < -0.4 is 5.84 Å². The average Bonchev–Trinajstić information content (AvgIpc) is 3.14. The summed E-state index contributed by atoms with van der Waals surface area (Å²) < 4.78 is 0. The van der Waals surface area contributed by atoms with E-state index in [2.05, 4.69) is 20.1 Å². The van der Waals surface area contributed by atoms with Gasteiger partial charge in [0.25, 0.3) is 0 Å². The number of hydrazone groups is 1. The van der Waals surface area contributed by atoms with E-state index in [4.69, 9.17) is 5.84 Å². The topological polar surface area (TPSA) is 97.0 Å². The Morgan fingerprint density at radius 2 is 1.54 bits per heavy atom. The largest absolute Gasteiger partial charge is 0.360 e. The Bertz CT molecular complexity index is 969. The Balaban J connectivity index is 0.000000158. The number of pyridine rings is 2.